The van der Waals surface area contributed by atoms with E-state index in [1.54, 1.807) is 7.11 Å². The topological polar surface area (TPSA) is 81.1 Å². The molecular formula is C22H25N5O2S. The summed E-state index contributed by atoms with van der Waals surface area (Å²) in [5.74, 6) is 1.57. The average Bonchev–Trinajstić information content (AvgIpc) is 3.16. The number of aromatic nitrogens is 3. The quantitative estimate of drug-likeness (QED) is 0.625. The second-order valence-corrected chi connectivity index (χ2v) is 8.32. The van der Waals surface area contributed by atoms with Crippen LogP contribution in [0.5, 0.6) is 5.75 Å². The molecule has 0 saturated heterocycles. The number of thioether (sulfide) groups is 1. The summed E-state index contributed by atoms with van der Waals surface area (Å²) in [5, 5.41) is 12.0. The molecule has 0 fully saturated rings. The van der Waals surface area contributed by atoms with Gasteiger partial charge in [-0.05, 0) is 42.7 Å². The van der Waals surface area contributed by atoms with Gasteiger partial charge in [0.2, 0.25) is 11.1 Å². The van der Waals surface area contributed by atoms with Gasteiger partial charge in [0.1, 0.15) is 11.0 Å². The Kier molecular flexibility index (Phi) is 5.94. The molecule has 0 aliphatic carbocycles. The number of nitrogens with zero attached hydrogens (tertiary/aromatic N) is 3. The summed E-state index contributed by atoms with van der Waals surface area (Å²) in [6, 6.07) is 15.3. The minimum absolute atomic E-state index is 0.0751. The molecule has 8 heteroatoms. The molecule has 4 rings (SSSR count). The zero-order chi connectivity index (χ0) is 21.1. The summed E-state index contributed by atoms with van der Waals surface area (Å²) in [7, 11) is 1.64. The van der Waals surface area contributed by atoms with Gasteiger partial charge in [0.05, 0.1) is 13.2 Å². The zero-order valence-corrected chi connectivity index (χ0v) is 18.1. The maximum Gasteiger partial charge on any atom is 0.240 e. The van der Waals surface area contributed by atoms with Crippen molar-refractivity contribution in [2.45, 2.75) is 43.1 Å². The Hall–Kier alpha value is -3.00. The number of benzene rings is 2. The second kappa shape index (κ2) is 8.79. The monoisotopic (exact) mass is 423 g/mol. The van der Waals surface area contributed by atoms with E-state index in [1.165, 1.54) is 11.8 Å². The molecule has 1 aliphatic rings. The molecule has 0 unspecified atom stereocenters. The number of fused-ring (bicyclic) bond motifs is 1. The molecule has 1 aromatic heterocycles. The van der Waals surface area contributed by atoms with E-state index in [2.05, 4.69) is 27.9 Å². The number of anilines is 1. The molecule has 3 aromatic rings. The Labute approximate surface area is 180 Å². The summed E-state index contributed by atoms with van der Waals surface area (Å²) in [6.45, 7) is 4.09. The maximum absolute atomic E-state index is 13.3. The van der Waals surface area contributed by atoms with Crippen molar-refractivity contribution < 1.29 is 9.53 Å². The van der Waals surface area contributed by atoms with Crippen molar-refractivity contribution in [2.75, 3.05) is 17.9 Å². The normalized spacial score (nSPS) is 17.7. The number of methoxy groups -OCH3 is 1. The Bertz CT molecular complexity index is 1030. The van der Waals surface area contributed by atoms with E-state index in [1.807, 2.05) is 60.1 Å². The number of ether oxygens (including phenoxy) is 1. The number of hydrogen-bond donors (Lipinski definition) is 2. The lowest BCUT2D eigenvalue weighted by atomic mass is 10.0. The van der Waals surface area contributed by atoms with Crippen LogP contribution in [0, 0.1) is 6.92 Å². The lowest BCUT2D eigenvalue weighted by Gasteiger charge is -2.33. The van der Waals surface area contributed by atoms with E-state index >= 15 is 0 Å². The second-order valence-electron chi connectivity index (χ2n) is 7.21. The van der Waals surface area contributed by atoms with E-state index in [4.69, 9.17) is 4.74 Å². The van der Waals surface area contributed by atoms with Crippen LogP contribution in [-0.4, -0.2) is 33.1 Å². The van der Waals surface area contributed by atoms with Gasteiger partial charge in [0.15, 0.2) is 5.82 Å². The molecule has 2 atom stereocenters. The summed E-state index contributed by atoms with van der Waals surface area (Å²) < 4.78 is 7.21. The largest absolute Gasteiger partial charge is 0.497 e. The van der Waals surface area contributed by atoms with Crippen molar-refractivity contribution in [1.29, 1.82) is 0 Å². The van der Waals surface area contributed by atoms with Crippen LogP contribution in [0.3, 0.4) is 0 Å². The predicted octanol–water partition coefficient (Wildman–Crippen LogP) is 3.95. The van der Waals surface area contributed by atoms with E-state index < -0.39 is 5.25 Å². The van der Waals surface area contributed by atoms with Crippen LogP contribution in [0.4, 0.5) is 5.69 Å². The third kappa shape index (κ3) is 4.00. The molecule has 0 bridgehead atoms. The van der Waals surface area contributed by atoms with E-state index in [-0.39, 0.29) is 11.9 Å². The number of rotatable bonds is 6. The number of aryl methyl sites for hydroxylation is 2. The first-order chi connectivity index (χ1) is 14.6. The lowest BCUT2D eigenvalue weighted by Crippen LogP contribution is -2.41. The Morgan fingerprint density at radius 3 is 2.67 bits per heavy atom. The van der Waals surface area contributed by atoms with E-state index in [9.17, 15) is 4.79 Å². The van der Waals surface area contributed by atoms with Crippen LogP contribution in [0.25, 0.3) is 0 Å². The highest BCUT2D eigenvalue weighted by atomic mass is 32.2. The van der Waals surface area contributed by atoms with Crippen molar-refractivity contribution >= 4 is 23.4 Å². The minimum atomic E-state index is -0.413. The van der Waals surface area contributed by atoms with Gasteiger partial charge in [0, 0.05) is 12.1 Å². The van der Waals surface area contributed by atoms with Crippen LogP contribution in [-0.2, 0) is 11.2 Å². The first-order valence-electron chi connectivity index (χ1n) is 9.98. The van der Waals surface area contributed by atoms with Crippen molar-refractivity contribution in [2.24, 2.45) is 0 Å². The molecule has 7 nitrogen and oxygen atoms in total. The lowest BCUT2D eigenvalue weighted by molar-refractivity contribution is -0.116. The van der Waals surface area contributed by atoms with Crippen molar-refractivity contribution in [3.63, 3.8) is 0 Å². The van der Waals surface area contributed by atoms with Crippen molar-refractivity contribution in [1.82, 2.24) is 14.9 Å². The predicted molar refractivity (Wildman–Crippen MR) is 119 cm³/mol. The first kappa shape index (κ1) is 20.3. The fraction of sp³-hybridized carbons (Fsp3) is 0.318. The molecule has 0 radical (unpaired) electrons. The summed E-state index contributed by atoms with van der Waals surface area (Å²) in [4.78, 5) is 13.3. The van der Waals surface area contributed by atoms with Gasteiger partial charge in [-0.3, -0.25) is 4.79 Å². The van der Waals surface area contributed by atoms with Crippen LogP contribution < -0.4 is 15.5 Å². The van der Waals surface area contributed by atoms with Gasteiger partial charge >= 0.3 is 0 Å². The fourth-order valence-corrected chi connectivity index (χ4v) is 4.56. The molecule has 0 spiro atoms. The summed E-state index contributed by atoms with van der Waals surface area (Å²) >= 11 is 1.43. The van der Waals surface area contributed by atoms with Crippen LogP contribution in [0.15, 0.2) is 53.7 Å². The number of hydrogen-bond acceptors (Lipinski definition) is 6. The number of para-hydroxylation sites is 1. The number of carbonyl (C=O) groups is 1. The molecule has 2 heterocycles. The van der Waals surface area contributed by atoms with Crippen LogP contribution in [0.2, 0.25) is 0 Å². The number of nitrogens with one attached hydrogen (secondary N) is 2. The maximum atomic E-state index is 13.3. The molecule has 2 aromatic carbocycles. The van der Waals surface area contributed by atoms with Gasteiger partial charge in [0.25, 0.3) is 0 Å². The van der Waals surface area contributed by atoms with E-state index in [0.717, 1.165) is 41.2 Å². The van der Waals surface area contributed by atoms with Crippen LogP contribution in [0.1, 0.15) is 36.3 Å². The molecule has 30 heavy (non-hydrogen) atoms. The third-order valence-electron chi connectivity index (χ3n) is 5.11. The van der Waals surface area contributed by atoms with Gasteiger partial charge in [-0.15, -0.1) is 10.2 Å². The highest BCUT2D eigenvalue weighted by Gasteiger charge is 2.37. The van der Waals surface area contributed by atoms with Crippen LogP contribution >= 0.6 is 11.8 Å². The van der Waals surface area contributed by atoms with E-state index in [0.29, 0.717) is 5.16 Å². The van der Waals surface area contributed by atoms with Crippen molar-refractivity contribution in [3.8, 4) is 5.75 Å². The molecule has 0 saturated carbocycles. The zero-order valence-electron chi connectivity index (χ0n) is 17.3. The summed E-state index contributed by atoms with van der Waals surface area (Å²) in [5.41, 5.74) is 6.32. The third-order valence-corrected chi connectivity index (χ3v) is 6.33. The number of amides is 1. The van der Waals surface area contributed by atoms with Gasteiger partial charge < -0.3 is 15.5 Å². The Balaban J connectivity index is 1.67. The minimum Gasteiger partial charge on any atom is -0.497 e. The SMILES string of the molecule is CCCc1nnc2n1N[C@H](c1ccc(OC)cc1)[C@H](C(=O)Nc1ccccc1C)S2. The molecular weight excluding hydrogens is 398 g/mol. The smallest absolute Gasteiger partial charge is 0.240 e. The fourth-order valence-electron chi connectivity index (χ4n) is 3.46. The van der Waals surface area contributed by atoms with Gasteiger partial charge in [-0.2, -0.15) is 0 Å². The summed E-state index contributed by atoms with van der Waals surface area (Å²) in [6.07, 6.45) is 1.78. The Morgan fingerprint density at radius 2 is 1.97 bits per heavy atom. The van der Waals surface area contributed by atoms with Gasteiger partial charge in [-0.25, -0.2) is 4.68 Å². The molecule has 2 N–H and O–H groups in total. The first-order valence-corrected chi connectivity index (χ1v) is 10.9. The average molecular weight is 424 g/mol. The highest BCUT2D eigenvalue weighted by molar-refractivity contribution is 8.00. The standard InChI is InChI=1S/C22H25N5O2S/c1-4-7-18-24-25-22-27(18)26-19(15-10-12-16(29-3)13-11-15)20(30-22)21(28)23-17-9-6-5-8-14(17)2/h5-6,8-13,19-20,26H,4,7H2,1-3H3,(H,23,28)/t19-,20-/m1/s1. The highest BCUT2D eigenvalue weighted by Crippen LogP contribution is 2.38. The molecule has 1 amide bonds. The molecule has 156 valence electrons. The Morgan fingerprint density at radius 1 is 1.20 bits per heavy atom. The molecule has 1 aliphatic heterocycles. The van der Waals surface area contributed by atoms with Gasteiger partial charge in [-0.1, -0.05) is 49.0 Å². The number of carbonyl (C=O) groups excluding carboxylic acids is 1. The van der Waals surface area contributed by atoms with Crippen molar-refractivity contribution in [3.05, 3.63) is 65.5 Å².